The van der Waals surface area contributed by atoms with Gasteiger partial charge in [-0.15, -0.1) is 0 Å². The molecule has 9 heteroatoms. The molecule has 33 heavy (non-hydrogen) atoms. The maximum absolute atomic E-state index is 12.5. The number of nitrogens with zero attached hydrogens (tertiary/aromatic N) is 2. The lowest BCUT2D eigenvalue weighted by atomic mass is 9.87. The van der Waals surface area contributed by atoms with Gasteiger partial charge in [0, 0.05) is 43.5 Å². The molecule has 1 aliphatic heterocycles. The number of hydrogen-bond donors (Lipinski definition) is 3. The molecule has 1 aromatic carbocycles. The lowest BCUT2D eigenvalue weighted by molar-refractivity contribution is 0.0859. The number of aliphatic imine (C=N–C) groups is 1. The predicted octanol–water partition coefficient (Wildman–Crippen LogP) is 3.36. The summed E-state index contributed by atoms with van der Waals surface area (Å²) in [6, 6.07) is 7.97. The van der Waals surface area contributed by atoms with Gasteiger partial charge in [-0.25, -0.2) is 18.1 Å². The molecule has 0 radical (unpaired) electrons. The zero-order valence-electron chi connectivity index (χ0n) is 19.7. The van der Waals surface area contributed by atoms with E-state index in [1.54, 1.807) is 12.4 Å². The molecule has 1 aliphatic rings. The predicted molar refractivity (Wildman–Crippen MR) is 134 cm³/mol. The number of nitrogens with two attached hydrogens (primary N) is 1. The van der Waals surface area contributed by atoms with Crippen LogP contribution in [0.2, 0.25) is 0 Å². The third-order valence-electron chi connectivity index (χ3n) is 5.53. The average molecular weight is 472 g/mol. The number of hydrogen-bond acceptors (Lipinski definition) is 6. The summed E-state index contributed by atoms with van der Waals surface area (Å²) >= 11 is 0. The number of sulfonamides is 1. The highest BCUT2D eigenvalue weighted by Crippen LogP contribution is 2.30. The van der Waals surface area contributed by atoms with Crippen LogP contribution in [0.25, 0.3) is 5.57 Å². The second kappa shape index (κ2) is 9.62. The zero-order valence-corrected chi connectivity index (χ0v) is 20.5. The summed E-state index contributed by atoms with van der Waals surface area (Å²) in [7, 11) is -3.20. The summed E-state index contributed by atoms with van der Waals surface area (Å²) in [5, 5.41) is 0. The number of ketones is 1. The molecule has 0 saturated carbocycles. The Morgan fingerprint density at radius 1 is 1.39 bits per heavy atom. The van der Waals surface area contributed by atoms with Crippen molar-refractivity contribution in [3.05, 3.63) is 53.7 Å². The molecular weight excluding hydrogens is 438 g/mol. The summed E-state index contributed by atoms with van der Waals surface area (Å²) in [4.78, 5) is 22.1. The number of benzene rings is 1. The van der Waals surface area contributed by atoms with Gasteiger partial charge < -0.3 is 10.7 Å². The van der Waals surface area contributed by atoms with E-state index in [4.69, 9.17) is 5.73 Å². The van der Waals surface area contributed by atoms with Gasteiger partial charge >= 0.3 is 0 Å². The number of H-pyrrole nitrogens is 1. The van der Waals surface area contributed by atoms with Crippen LogP contribution in [0.15, 0.2) is 42.0 Å². The fourth-order valence-corrected chi connectivity index (χ4v) is 4.64. The second-order valence-corrected chi connectivity index (χ2v) is 11.4. The second-order valence-electron chi connectivity index (χ2n) is 9.64. The number of nitrogen functional groups attached to an aromatic ring is 1. The van der Waals surface area contributed by atoms with E-state index in [1.165, 1.54) is 6.26 Å². The first-order valence-electron chi connectivity index (χ1n) is 10.9. The van der Waals surface area contributed by atoms with E-state index >= 15 is 0 Å². The van der Waals surface area contributed by atoms with Crippen LogP contribution in [0, 0.1) is 5.41 Å². The van der Waals surface area contributed by atoms with Crippen molar-refractivity contribution in [3.63, 3.8) is 0 Å². The summed E-state index contributed by atoms with van der Waals surface area (Å²) in [6.45, 7) is 11.9. The molecular formula is C24H33N5O3S. The number of aromatic nitrogens is 1. The molecule has 2 heterocycles. The fourth-order valence-electron chi connectivity index (χ4n) is 3.84. The smallest absolute Gasteiger partial charge is 0.208 e. The molecule has 1 saturated heterocycles. The fraction of sp³-hybridized carbons (Fsp3) is 0.417. The maximum atomic E-state index is 12.5. The van der Waals surface area contributed by atoms with Gasteiger partial charge in [-0.3, -0.25) is 9.69 Å². The highest BCUT2D eigenvalue weighted by atomic mass is 32.2. The monoisotopic (exact) mass is 471 g/mol. The number of Topliss-reactive ketones (excluding diaryl/α,β-unsaturated/α-hetero) is 1. The molecule has 3 rings (SSSR count). The van der Waals surface area contributed by atoms with Gasteiger partial charge in [0.25, 0.3) is 0 Å². The minimum Gasteiger partial charge on any atom is -0.395 e. The lowest BCUT2D eigenvalue weighted by Gasteiger charge is -2.17. The van der Waals surface area contributed by atoms with E-state index in [9.17, 15) is 13.2 Å². The molecule has 1 fully saturated rings. The summed E-state index contributed by atoms with van der Waals surface area (Å²) in [5.41, 5.74) is 9.14. The molecule has 0 aliphatic carbocycles. The van der Waals surface area contributed by atoms with E-state index in [0.717, 1.165) is 30.6 Å². The Bertz CT molecular complexity index is 1170. The van der Waals surface area contributed by atoms with Crippen molar-refractivity contribution in [2.45, 2.75) is 39.8 Å². The minimum atomic E-state index is -3.20. The van der Waals surface area contributed by atoms with Crippen LogP contribution in [0.3, 0.4) is 0 Å². The van der Waals surface area contributed by atoms with Crippen molar-refractivity contribution in [2.24, 2.45) is 10.4 Å². The number of aromatic amines is 1. The first-order valence-corrected chi connectivity index (χ1v) is 12.8. The Balaban J connectivity index is 1.65. The van der Waals surface area contributed by atoms with Gasteiger partial charge in [-0.2, -0.15) is 0 Å². The van der Waals surface area contributed by atoms with E-state index in [1.807, 2.05) is 39.0 Å². The van der Waals surface area contributed by atoms with Crippen LogP contribution in [-0.4, -0.2) is 55.7 Å². The van der Waals surface area contributed by atoms with Crippen molar-refractivity contribution >= 4 is 39.1 Å². The number of carbonyl (C=O) groups excluding carboxylic acids is 1. The Labute approximate surface area is 196 Å². The molecule has 1 unspecified atom stereocenters. The van der Waals surface area contributed by atoms with Crippen molar-refractivity contribution in [2.75, 3.05) is 25.1 Å². The summed E-state index contributed by atoms with van der Waals surface area (Å²) in [6.07, 6.45) is 5.22. The summed E-state index contributed by atoms with van der Waals surface area (Å²) < 4.78 is 25.6. The van der Waals surface area contributed by atoms with Crippen LogP contribution in [-0.2, 0) is 16.6 Å². The van der Waals surface area contributed by atoms with Gasteiger partial charge in [0.15, 0.2) is 11.6 Å². The Morgan fingerprint density at radius 3 is 2.79 bits per heavy atom. The minimum absolute atomic E-state index is 0.0416. The Morgan fingerprint density at radius 2 is 2.12 bits per heavy atom. The van der Waals surface area contributed by atoms with Crippen LogP contribution in [0.4, 0.5) is 11.5 Å². The number of allylic oxidation sites excluding steroid dienone is 1. The van der Waals surface area contributed by atoms with E-state index in [2.05, 4.69) is 32.2 Å². The zero-order chi connectivity index (χ0) is 24.4. The van der Waals surface area contributed by atoms with E-state index < -0.39 is 15.4 Å². The first-order chi connectivity index (χ1) is 15.3. The molecule has 0 spiro atoms. The average Bonchev–Trinajstić information content (AvgIpc) is 3.29. The van der Waals surface area contributed by atoms with Crippen LogP contribution < -0.4 is 10.5 Å². The Kier molecular flexibility index (Phi) is 7.26. The number of nitrogens with one attached hydrogen (secondary N) is 2. The molecule has 1 aromatic heterocycles. The third-order valence-corrected chi connectivity index (χ3v) is 6.29. The molecule has 8 nitrogen and oxygen atoms in total. The standard InChI is InChI=1S/C24H33N5O3S/c1-16(12-26-23-21(25)20(13-27-23)22(30)24(2,3)4)18-8-6-7-17(11-18)14-29-10-9-19(15-29)28-33(5,31)32/h6-8,11-13,19,27-28H,1,9-10,14-15,25H2,2-5H3/b26-12-. The van der Waals surface area contributed by atoms with Crippen molar-refractivity contribution in [1.29, 1.82) is 0 Å². The number of likely N-dealkylation sites (tertiary alicyclic amines) is 1. The van der Waals surface area contributed by atoms with Crippen LogP contribution in [0.5, 0.6) is 0 Å². The van der Waals surface area contributed by atoms with Gasteiger partial charge in [0.1, 0.15) is 0 Å². The Hall–Kier alpha value is -2.75. The molecule has 0 bridgehead atoms. The lowest BCUT2D eigenvalue weighted by Crippen LogP contribution is -2.36. The maximum Gasteiger partial charge on any atom is 0.208 e. The molecule has 178 valence electrons. The highest BCUT2D eigenvalue weighted by molar-refractivity contribution is 7.88. The SMILES string of the molecule is C=C(/C=N\c1[nH]cc(C(=O)C(C)(C)C)c1N)c1cccc(CN2CCC(NS(C)(=O)=O)C2)c1. The normalized spacial score (nSPS) is 17.6. The van der Waals surface area contributed by atoms with E-state index in [-0.39, 0.29) is 11.8 Å². The largest absolute Gasteiger partial charge is 0.395 e. The number of carbonyl (C=O) groups is 1. The number of rotatable bonds is 8. The van der Waals surface area contributed by atoms with Gasteiger partial charge in [-0.05, 0) is 29.2 Å². The van der Waals surface area contributed by atoms with Crippen molar-refractivity contribution in [3.8, 4) is 0 Å². The molecule has 0 amide bonds. The number of anilines is 1. The first kappa shape index (κ1) is 24.9. The van der Waals surface area contributed by atoms with Crippen LogP contribution >= 0.6 is 0 Å². The van der Waals surface area contributed by atoms with Gasteiger partial charge in [0.05, 0.1) is 17.5 Å². The molecule has 4 N–H and O–H groups in total. The third kappa shape index (κ3) is 6.63. The topological polar surface area (TPSA) is 121 Å². The van der Waals surface area contributed by atoms with E-state index in [0.29, 0.717) is 29.2 Å². The highest BCUT2D eigenvalue weighted by Gasteiger charge is 2.27. The summed E-state index contributed by atoms with van der Waals surface area (Å²) in [5.74, 6) is 0.390. The molecule has 1 atom stereocenters. The van der Waals surface area contributed by atoms with Gasteiger partial charge in [0.2, 0.25) is 10.0 Å². The van der Waals surface area contributed by atoms with Gasteiger partial charge in [-0.1, -0.05) is 45.5 Å². The van der Waals surface area contributed by atoms with Crippen molar-refractivity contribution < 1.29 is 13.2 Å². The molecule has 2 aromatic rings. The van der Waals surface area contributed by atoms with Crippen LogP contribution in [0.1, 0.15) is 48.7 Å². The van der Waals surface area contributed by atoms with Crippen molar-refractivity contribution in [1.82, 2.24) is 14.6 Å². The quantitative estimate of drug-likeness (QED) is 0.403.